The van der Waals surface area contributed by atoms with Crippen LogP contribution in [0.2, 0.25) is 0 Å². The highest BCUT2D eigenvalue weighted by Gasteiger charge is 2.01. The average Bonchev–Trinajstić information content (AvgIpc) is 2.16. The number of benzene rings is 1. The molecule has 0 radical (unpaired) electrons. The molecule has 1 aromatic rings. The lowest BCUT2D eigenvalue weighted by molar-refractivity contribution is 0.313. The van der Waals surface area contributed by atoms with Crippen LogP contribution in [0.5, 0.6) is 0 Å². The Morgan fingerprint density at radius 3 is 2.50 bits per heavy atom. The fraction of sp³-hybridized carbons (Fsp3) is 0.500. The zero-order valence-corrected chi connectivity index (χ0v) is 9.11. The molecular weight excluding hydrogens is 172 g/mol. The SMILES string of the molecule is CC(N)CCN(C)Cc1ccccc1. The van der Waals surface area contributed by atoms with E-state index >= 15 is 0 Å². The molecule has 2 N–H and O–H groups in total. The summed E-state index contributed by atoms with van der Waals surface area (Å²) in [6, 6.07) is 10.8. The lowest BCUT2D eigenvalue weighted by Gasteiger charge is -2.17. The van der Waals surface area contributed by atoms with Crippen LogP contribution in [0, 0.1) is 0 Å². The molecule has 1 rings (SSSR count). The first-order valence-corrected chi connectivity index (χ1v) is 5.16. The highest BCUT2D eigenvalue weighted by atomic mass is 15.1. The van der Waals surface area contributed by atoms with Crippen molar-refractivity contribution in [3.05, 3.63) is 35.9 Å². The van der Waals surface area contributed by atoms with Crippen molar-refractivity contribution >= 4 is 0 Å². The van der Waals surface area contributed by atoms with Crippen molar-refractivity contribution in [2.24, 2.45) is 5.73 Å². The maximum atomic E-state index is 5.71. The van der Waals surface area contributed by atoms with Gasteiger partial charge in [0, 0.05) is 12.6 Å². The van der Waals surface area contributed by atoms with Crippen LogP contribution in [0.3, 0.4) is 0 Å². The zero-order valence-electron chi connectivity index (χ0n) is 9.11. The average molecular weight is 192 g/mol. The van der Waals surface area contributed by atoms with Gasteiger partial charge >= 0.3 is 0 Å². The Balaban J connectivity index is 2.30. The van der Waals surface area contributed by atoms with Crippen molar-refractivity contribution in [1.82, 2.24) is 4.90 Å². The Labute approximate surface area is 86.7 Å². The van der Waals surface area contributed by atoms with Gasteiger partial charge in [-0.2, -0.15) is 0 Å². The van der Waals surface area contributed by atoms with Crippen molar-refractivity contribution in [1.29, 1.82) is 0 Å². The molecule has 0 fully saturated rings. The van der Waals surface area contributed by atoms with Crippen LogP contribution in [0.15, 0.2) is 30.3 Å². The summed E-state index contributed by atoms with van der Waals surface area (Å²) in [7, 11) is 2.13. The van der Waals surface area contributed by atoms with Gasteiger partial charge < -0.3 is 10.6 Å². The van der Waals surface area contributed by atoms with E-state index in [-0.39, 0.29) is 0 Å². The van der Waals surface area contributed by atoms with Gasteiger partial charge in [0.2, 0.25) is 0 Å². The summed E-state index contributed by atoms with van der Waals surface area (Å²) >= 11 is 0. The summed E-state index contributed by atoms with van der Waals surface area (Å²) in [4.78, 5) is 2.30. The number of nitrogens with two attached hydrogens (primary N) is 1. The predicted molar refractivity (Wildman–Crippen MR) is 61.0 cm³/mol. The smallest absolute Gasteiger partial charge is 0.0230 e. The molecule has 0 amide bonds. The summed E-state index contributed by atoms with van der Waals surface area (Å²) < 4.78 is 0. The fourth-order valence-electron chi connectivity index (χ4n) is 1.40. The Bertz CT molecular complexity index is 244. The van der Waals surface area contributed by atoms with Crippen LogP contribution >= 0.6 is 0 Å². The van der Waals surface area contributed by atoms with E-state index in [9.17, 15) is 0 Å². The number of hydrogen-bond donors (Lipinski definition) is 1. The van der Waals surface area contributed by atoms with Crippen molar-refractivity contribution < 1.29 is 0 Å². The highest BCUT2D eigenvalue weighted by molar-refractivity contribution is 5.14. The maximum absolute atomic E-state index is 5.71. The molecule has 0 bridgehead atoms. The number of hydrogen-bond acceptors (Lipinski definition) is 2. The van der Waals surface area contributed by atoms with Gasteiger partial charge in [-0.25, -0.2) is 0 Å². The van der Waals surface area contributed by atoms with E-state index in [1.54, 1.807) is 0 Å². The molecule has 0 saturated heterocycles. The third-order valence-corrected chi connectivity index (χ3v) is 2.26. The minimum Gasteiger partial charge on any atom is -0.328 e. The molecule has 0 aliphatic carbocycles. The van der Waals surface area contributed by atoms with Crippen molar-refractivity contribution in [3.63, 3.8) is 0 Å². The van der Waals surface area contributed by atoms with Crippen LogP contribution in [-0.2, 0) is 6.54 Å². The molecule has 1 atom stereocenters. The molecule has 0 spiro atoms. The standard InChI is InChI=1S/C12H20N2/c1-11(13)8-9-14(2)10-12-6-4-3-5-7-12/h3-7,11H,8-10,13H2,1-2H3. The van der Waals surface area contributed by atoms with Crippen molar-refractivity contribution in [2.45, 2.75) is 25.9 Å². The third kappa shape index (κ3) is 4.40. The highest BCUT2D eigenvalue weighted by Crippen LogP contribution is 2.03. The van der Waals surface area contributed by atoms with E-state index in [0.717, 1.165) is 19.5 Å². The molecule has 2 nitrogen and oxygen atoms in total. The number of nitrogens with zero attached hydrogens (tertiary/aromatic N) is 1. The predicted octanol–water partition coefficient (Wildman–Crippen LogP) is 1.86. The first kappa shape index (κ1) is 11.2. The molecule has 0 heterocycles. The second kappa shape index (κ2) is 5.78. The van der Waals surface area contributed by atoms with Crippen LogP contribution in [-0.4, -0.2) is 24.5 Å². The fourth-order valence-corrected chi connectivity index (χ4v) is 1.40. The van der Waals surface area contributed by atoms with Crippen LogP contribution < -0.4 is 5.73 Å². The molecule has 78 valence electrons. The zero-order chi connectivity index (χ0) is 10.4. The molecule has 1 unspecified atom stereocenters. The van der Waals surface area contributed by atoms with Crippen LogP contribution in [0.25, 0.3) is 0 Å². The van der Waals surface area contributed by atoms with Crippen LogP contribution in [0.1, 0.15) is 18.9 Å². The Morgan fingerprint density at radius 1 is 1.29 bits per heavy atom. The first-order chi connectivity index (χ1) is 6.68. The quantitative estimate of drug-likeness (QED) is 0.771. The van der Waals surface area contributed by atoms with Gasteiger partial charge in [0.25, 0.3) is 0 Å². The van der Waals surface area contributed by atoms with E-state index in [2.05, 4.69) is 43.1 Å². The molecule has 0 aliphatic heterocycles. The van der Waals surface area contributed by atoms with Gasteiger partial charge in [0.05, 0.1) is 0 Å². The van der Waals surface area contributed by atoms with Gasteiger partial charge in [0.15, 0.2) is 0 Å². The molecule has 0 saturated carbocycles. The monoisotopic (exact) mass is 192 g/mol. The maximum Gasteiger partial charge on any atom is 0.0230 e. The number of rotatable bonds is 5. The Kier molecular flexibility index (Phi) is 4.63. The lowest BCUT2D eigenvalue weighted by Crippen LogP contribution is -2.25. The third-order valence-electron chi connectivity index (χ3n) is 2.26. The molecule has 14 heavy (non-hydrogen) atoms. The molecule has 0 aliphatic rings. The van der Waals surface area contributed by atoms with Crippen molar-refractivity contribution in [2.75, 3.05) is 13.6 Å². The summed E-state index contributed by atoms with van der Waals surface area (Å²) in [5, 5.41) is 0. The van der Waals surface area contributed by atoms with Gasteiger partial charge in [0.1, 0.15) is 0 Å². The summed E-state index contributed by atoms with van der Waals surface area (Å²) in [5.41, 5.74) is 7.07. The van der Waals surface area contributed by atoms with E-state index in [4.69, 9.17) is 5.73 Å². The van der Waals surface area contributed by atoms with Gasteiger partial charge in [-0.3, -0.25) is 0 Å². The largest absolute Gasteiger partial charge is 0.328 e. The minimum absolute atomic E-state index is 0.299. The van der Waals surface area contributed by atoms with Crippen molar-refractivity contribution in [3.8, 4) is 0 Å². The topological polar surface area (TPSA) is 29.3 Å². The Hall–Kier alpha value is -0.860. The van der Waals surface area contributed by atoms with Gasteiger partial charge in [-0.1, -0.05) is 30.3 Å². The summed E-state index contributed by atoms with van der Waals surface area (Å²) in [6.07, 6.45) is 1.06. The van der Waals surface area contributed by atoms with E-state index in [1.807, 2.05) is 6.07 Å². The molecule has 2 heteroatoms. The van der Waals surface area contributed by atoms with E-state index < -0.39 is 0 Å². The molecule has 1 aromatic carbocycles. The normalized spacial score (nSPS) is 13.1. The second-order valence-corrected chi connectivity index (χ2v) is 3.99. The van der Waals surface area contributed by atoms with E-state index in [0.29, 0.717) is 6.04 Å². The van der Waals surface area contributed by atoms with Gasteiger partial charge in [-0.05, 0) is 32.5 Å². The van der Waals surface area contributed by atoms with Gasteiger partial charge in [-0.15, -0.1) is 0 Å². The van der Waals surface area contributed by atoms with Crippen LogP contribution in [0.4, 0.5) is 0 Å². The Morgan fingerprint density at radius 2 is 1.93 bits per heavy atom. The minimum atomic E-state index is 0.299. The first-order valence-electron chi connectivity index (χ1n) is 5.16. The second-order valence-electron chi connectivity index (χ2n) is 3.99. The summed E-state index contributed by atoms with van der Waals surface area (Å²) in [5.74, 6) is 0. The van der Waals surface area contributed by atoms with E-state index in [1.165, 1.54) is 5.56 Å². The molecular formula is C12H20N2. The molecule has 0 aromatic heterocycles. The summed E-state index contributed by atoms with van der Waals surface area (Å²) in [6.45, 7) is 4.12. The lowest BCUT2D eigenvalue weighted by atomic mass is 10.2.